The van der Waals surface area contributed by atoms with Crippen LogP contribution in [-0.2, 0) is 14.8 Å². The van der Waals surface area contributed by atoms with Crippen LogP contribution in [0.1, 0.15) is 31.9 Å². The molecule has 0 aliphatic heterocycles. The van der Waals surface area contributed by atoms with Gasteiger partial charge in [0.05, 0.1) is 23.0 Å². The molecule has 0 saturated heterocycles. The van der Waals surface area contributed by atoms with Crippen LogP contribution in [0.2, 0.25) is 10.0 Å². The first-order valence-electron chi connectivity index (χ1n) is 8.45. The Labute approximate surface area is 170 Å². The van der Waals surface area contributed by atoms with Crippen LogP contribution in [0, 0.1) is 0 Å². The van der Waals surface area contributed by atoms with E-state index in [1.807, 2.05) is 37.3 Å². The Balaban J connectivity index is 2.38. The van der Waals surface area contributed by atoms with Gasteiger partial charge in [0.25, 0.3) is 0 Å². The van der Waals surface area contributed by atoms with Crippen LogP contribution >= 0.6 is 23.2 Å². The number of sulfonamides is 1. The van der Waals surface area contributed by atoms with Gasteiger partial charge in [-0.1, -0.05) is 60.5 Å². The molecule has 0 aliphatic rings. The summed E-state index contributed by atoms with van der Waals surface area (Å²) in [7, 11) is -3.78. The first-order valence-corrected chi connectivity index (χ1v) is 11.0. The molecule has 2 aromatic carbocycles. The summed E-state index contributed by atoms with van der Waals surface area (Å²) in [5.41, 5.74) is 1.11. The molecule has 2 aromatic rings. The number of anilines is 1. The summed E-state index contributed by atoms with van der Waals surface area (Å²) in [6.45, 7) is 3.59. The first kappa shape index (κ1) is 21.5. The highest BCUT2D eigenvalue weighted by atomic mass is 35.5. The van der Waals surface area contributed by atoms with E-state index in [0.29, 0.717) is 5.02 Å². The molecular formula is C19H22Cl2N2O3S. The predicted molar refractivity (Wildman–Crippen MR) is 111 cm³/mol. The topological polar surface area (TPSA) is 66.5 Å². The predicted octanol–water partition coefficient (Wildman–Crippen LogP) is 4.42. The van der Waals surface area contributed by atoms with Gasteiger partial charge in [-0.3, -0.25) is 9.10 Å². The lowest BCUT2D eigenvalue weighted by Gasteiger charge is -2.31. The van der Waals surface area contributed by atoms with Gasteiger partial charge in [-0.05, 0) is 37.1 Å². The normalized spacial score (nSPS) is 13.7. The summed E-state index contributed by atoms with van der Waals surface area (Å²) in [5.74, 6) is -0.407. The maximum absolute atomic E-state index is 12.9. The summed E-state index contributed by atoms with van der Waals surface area (Å²) < 4.78 is 26.0. The van der Waals surface area contributed by atoms with Crippen molar-refractivity contribution in [3.8, 4) is 0 Å². The van der Waals surface area contributed by atoms with E-state index >= 15 is 0 Å². The Morgan fingerprint density at radius 3 is 2.33 bits per heavy atom. The summed E-state index contributed by atoms with van der Waals surface area (Å²) >= 11 is 12.2. The van der Waals surface area contributed by atoms with Gasteiger partial charge in [-0.25, -0.2) is 8.42 Å². The molecule has 1 unspecified atom stereocenters. The SMILES string of the molecule is CCC(C(=O)N[C@H](C)c1ccccc1)N(c1cc(Cl)ccc1Cl)S(C)(=O)=O. The number of amides is 1. The quantitative estimate of drug-likeness (QED) is 0.709. The lowest BCUT2D eigenvalue weighted by Crippen LogP contribution is -2.49. The Kier molecular flexibility index (Phi) is 7.14. The minimum absolute atomic E-state index is 0.182. The first-order chi connectivity index (χ1) is 12.6. The standard InChI is InChI=1S/C19H22Cl2N2O3S/c1-4-17(19(24)22-13(2)14-8-6-5-7-9-14)23(27(3,25)26)18-12-15(20)10-11-16(18)21/h5-13,17H,4H2,1-3H3,(H,22,24)/t13-,17?/m1/s1. The van der Waals surface area contributed by atoms with Crippen LogP contribution < -0.4 is 9.62 Å². The second-order valence-corrected chi connectivity index (χ2v) is 8.92. The molecule has 0 radical (unpaired) electrons. The summed E-state index contributed by atoms with van der Waals surface area (Å²) in [6, 6.07) is 12.7. The zero-order valence-corrected chi connectivity index (χ0v) is 17.6. The monoisotopic (exact) mass is 428 g/mol. The number of benzene rings is 2. The van der Waals surface area contributed by atoms with Gasteiger partial charge in [0.1, 0.15) is 6.04 Å². The number of halogens is 2. The molecule has 146 valence electrons. The van der Waals surface area contributed by atoms with Crippen molar-refractivity contribution in [1.82, 2.24) is 5.32 Å². The molecule has 0 bridgehead atoms. The molecule has 27 heavy (non-hydrogen) atoms. The van der Waals surface area contributed by atoms with E-state index in [4.69, 9.17) is 23.2 Å². The summed E-state index contributed by atoms with van der Waals surface area (Å²) in [4.78, 5) is 12.9. The second-order valence-electron chi connectivity index (χ2n) is 6.22. The van der Waals surface area contributed by atoms with Crippen molar-refractivity contribution in [2.24, 2.45) is 0 Å². The second kappa shape index (κ2) is 8.95. The lowest BCUT2D eigenvalue weighted by molar-refractivity contribution is -0.122. The van der Waals surface area contributed by atoms with Crippen LogP contribution in [0.15, 0.2) is 48.5 Å². The van der Waals surface area contributed by atoms with Crippen LogP contribution in [-0.4, -0.2) is 26.6 Å². The Hall–Kier alpha value is -1.76. The van der Waals surface area contributed by atoms with E-state index in [1.165, 1.54) is 12.1 Å². The van der Waals surface area contributed by atoms with Gasteiger partial charge in [0.2, 0.25) is 15.9 Å². The smallest absolute Gasteiger partial charge is 0.244 e. The van der Waals surface area contributed by atoms with Gasteiger partial charge in [0.15, 0.2) is 0 Å². The van der Waals surface area contributed by atoms with E-state index in [-0.39, 0.29) is 23.2 Å². The van der Waals surface area contributed by atoms with Gasteiger partial charge in [-0.15, -0.1) is 0 Å². The minimum Gasteiger partial charge on any atom is -0.348 e. The van der Waals surface area contributed by atoms with Crippen molar-refractivity contribution in [1.29, 1.82) is 0 Å². The van der Waals surface area contributed by atoms with E-state index < -0.39 is 22.0 Å². The molecule has 0 aliphatic carbocycles. The molecule has 2 rings (SSSR count). The summed E-state index contributed by atoms with van der Waals surface area (Å²) in [6.07, 6.45) is 1.31. The fraction of sp³-hybridized carbons (Fsp3) is 0.316. The fourth-order valence-electron chi connectivity index (χ4n) is 2.82. The van der Waals surface area contributed by atoms with Gasteiger partial charge < -0.3 is 5.32 Å². The molecule has 1 amide bonds. The number of hydrogen-bond donors (Lipinski definition) is 1. The van der Waals surface area contributed by atoms with Crippen LogP contribution in [0.4, 0.5) is 5.69 Å². The molecule has 5 nitrogen and oxygen atoms in total. The molecule has 0 fully saturated rings. The minimum atomic E-state index is -3.78. The van der Waals surface area contributed by atoms with Gasteiger partial charge >= 0.3 is 0 Å². The molecule has 0 heterocycles. The van der Waals surface area contributed by atoms with E-state index in [9.17, 15) is 13.2 Å². The van der Waals surface area contributed by atoms with Crippen molar-refractivity contribution in [2.75, 3.05) is 10.6 Å². The number of rotatable bonds is 7. The number of carbonyl (C=O) groups excluding carboxylic acids is 1. The molecular weight excluding hydrogens is 407 g/mol. The highest BCUT2D eigenvalue weighted by Gasteiger charge is 2.33. The zero-order chi connectivity index (χ0) is 20.2. The molecule has 0 aromatic heterocycles. The van der Waals surface area contributed by atoms with Crippen LogP contribution in [0.25, 0.3) is 0 Å². The van der Waals surface area contributed by atoms with Gasteiger partial charge in [-0.2, -0.15) is 0 Å². The average molecular weight is 429 g/mol. The van der Waals surface area contributed by atoms with Crippen molar-refractivity contribution in [2.45, 2.75) is 32.4 Å². The third kappa shape index (κ3) is 5.37. The van der Waals surface area contributed by atoms with Gasteiger partial charge in [0, 0.05) is 5.02 Å². The van der Waals surface area contributed by atoms with E-state index in [0.717, 1.165) is 16.1 Å². The van der Waals surface area contributed by atoms with Crippen molar-refractivity contribution < 1.29 is 13.2 Å². The molecule has 0 saturated carbocycles. The zero-order valence-electron chi connectivity index (χ0n) is 15.3. The van der Waals surface area contributed by atoms with Crippen LogP contribution in [0.3, 0.4) is 0 Å². The van der Waals surface area contributed by atoms with E-state index in [1.54, 1.807) is 13.0 Å². The maximum atomic E-state index is 12.9. The molecule has 8 heteroatoms. The van der Waals surface area contributed by atoms with Crippen LogP contribution in [0.5, 0.6) is 0 Å². The largest absolute Gasteiger partial charge is 0.348 e. The molecule has 2 atom stereocenters. The third-order valence-electron chi connectivity index (χ3n) is 4.13. The summed E-state index contributed by atoms with van der Waals surface area (Å²) in [5, 5.41) is 3.41. The number of nitrogens with one attached hydrogen (secondary N) is 1. The highest BCUT2D eigenvalue weighted by Crippen LogP contribution is 2.33. The Morgan fingerprint density at radius 2 is 1.78 bits per heavy atom. The van der Waals surface area contributed by atoms with Crippen molar-refractivity contribution >= 4 is 44.8 Å². The highest BCUT2D eigenvalue weighted by molar-refractivity contribution is 7.92. The number of carbonyl (C=O) groups is 1. The van der Waals surface area contributed by atoms with Crippen molar-refractivity contribution in [3.05, 3.63) is 64.1 Å². The molecule has 0 spiro atoms. The van der Waals surface area contributed by atoms with E-state index in [2.05, 4.69) is 5.32 Å². The number of nitrogens with zero attached hydrogens (tertiary/aromatic N) is 1. The maximum Gasteiger partial charge on any atom is 0.244 e. The Bertz CT molecular complexity index is 904. The molecule has 1 N–H and O–H groups in total. The fourth-order valence-corrected chi connectivity index (χ4v) is 4.47. The number of hydrogen-bond acceptors (Lipinski definition) is 3. The third-order valence-corrected chi connectivity index (χ3v) is 5.85. The van der Waals surface area contributed by atoms with Crippen molar-refractivity contribution in [3.63, 3.8) is 0 Å². The Morgan fingerprint density at radius 1 is 1.15 bits per heavy atom. The average Bonchev–Trinajstić information content (AvgIpc) is 2.61. The lowest BCUT2D eigenvalue weighted by atomic mass is 10.1.